The summed E-state index contributed by atoms with van der Waals surface area (Å²) in [5.41, 5.74) is 0.874. The van der Waals surface area contributed by atoms with E-state index in [2.05, 4.69) is 5.32 Å². The number of rotatable bonds is 9. The lowest BCUT2D eigenvalue weighted by atomic mass is 10.1. The van der Waals surface area contributed by atoms with Gasteiger partial charge in [-0.15, -0.1) is 11.6 Å². The van der Waals surface area contributed by atoms with Crippen molar-refractivity contribution in [3.8, 4) is 0 Å². The van der Waals surface area contributed by atoms with E-state index in [0.717, 1.165) is 31.1 Å². The molecule has 1 unspecified atom stereocenters. The second-order valence-electron chi connectivity index (χ2n) is 4.65. The molecule has 0 aliphatic carbocycles. The van der Waals surface area contributed by atoms with E-state index >= 15 is 0 Å². The maximum absolute atomic E-state index is 11.8. The van der Waals surface area contributed by atoms with Crippen molar-refractivity contribution in [2.45, 2.75) is 38.1 Å². The third-order valence-electron chi connectivity index (χ3n) is 2.94. The lowest BCUT2D eigenvalue weighted by Gasteiger charge is -2.12. The molecule has 1 aromatic rings. The number of carbonyl (C=O) groups excluding carboxylic acids is 2. The predicted molar refractivity (Wildman–Crippen MR) is 82.3 cm³/mol. The predicted octanol–water partition coefficient (Wildman–Crippen LogP) is 3.37. The summed E-state index contributed by atoms with van der Waals surface area (Å²) in [5.74, 6) is 0.482. The smallest absolute Gasteiger partial charge is 0.224 e. The molecule has 0 spiro atoms. The summed E-state index contributed by atoms with van der Waals surface area (Å²) < 4.78 is 0. The summed E-state index contributed by atoms with van der Waals surface area (Å²) in [6, 6.07) is 6.68. The van der Waals surface area contributed by atoms with Crippen molar-refractivity contribution < 1.29 is 9.59 Å². The average molecular weight is 316 g/mol. The molecule has 0 bridgehead atoms. The van der Waals surface area contributed by atoms with Crippen LogP contribution in [0.2, 0.25) is 5.02 Å². The lowest BCUT2D eigenvalue weighted by Crippen LogP contribution is -2.36. The van der Waals surface area contributed by atoms with Gasteiger partial charge in [-0.2, -0.15) is 0 Å². The van der Waals surface area contributed by atoms with Crippen LogP contribution in [0.4, 0.5) is 0 Å². The summed E-state index contributed by atoms with van der Waals surface area (Å²) in [4.78, 5) is 22.8. The topological polar surface area (TPSA) is 46.2 Å². The van der Waals surface area contributed by atoms with Gasteiger partial charge in [0.1, 0.15) is 6.29 Å². The molecule has 0 aliphatic rings. The van der Waals surface area contributed by atoms with E-state index in [1.54, 1.807) is 24.3 Å². The number of amides is 1. The first-order valence-corrected chi connectivity index (χ1v) is 7.62. The molecule has 20 heavy (non-hydrogen) atoms. The Labute approximate surface area is 129 Å². The van der Waals surface area contributed by atoms with Crippen molar-refractivity contribution in [3.63, 3.8) is 0 Å². The fourth-order valence-corrected chi connectivity index (χ4v) is 2.17. The van der Waals surface area contributed by atoms with Crippen LogP contribution in [-0.2, 0) is 16.0 Å². The van der Waals surface area contributed by atoms with Gasteiger partial charge in [0.05, 0.1) is 12.5 Å². The normalized spacial score (nSPS) is 11.9. The van der Waals surface area contributed by atoms with E-state index in [-0.39, 0.29) is 12.3 Å². The highest BCUT2D eigenvalue weighted by Gasteiger charge is 2.11. The highest BCUT2D eigenvalue weighted by atomic mass is 35.5. The van der Waals surface area contributed by atoms with Crippen molar-refractivity contribution in [2.75, 3.05) is 5.88 Å². The first-order valence-electron chi connectivity index (χ1n) is 6.70. The second-order valence-corrected chi connectivity index (χ2v) is 5.47. The molecule has 1 atom stereocenters. The zero-order valence-corrected chi connectivity index (χ0v) is 12.8. The molecule has 5 heteroatoms. The highest BCUT2D eigenvalue weighted by molar-refractivity contribution is 6.30. The minimum atomic E-state index is -0.412. The number of alkyl halides is 1. The molecule has 0 heterocycles. The molecule has 0 aliphatic heterocycles. The largest absolute Gasteiger partial charge is 0.346 e. The number of benzene rings is 1. The van der Waals surface area contributed by atoms with Crippen LogP contribution in [0.15, 0.2) is 24.3 Å². The molecule has 0 fully saturated rings. The Kier molecular flexibility index (Phi) is 8.31. The van der Waals surface area contributed by atoms with Crippen molar-refractivity contribution in [1.29, 1.82) is 0 Å². The van der Waals surface area contributed by atoms with Crippen LogP contribution < -0.4 is 5.32 Å². The van der Waals surface area contributed by atoms with E-state index in [9.17, 15) is 9.59 Å². The molecule has 110 valence electrons. The molecule has 0 radical (unpaired) electrons. The third-order valence-corrected chi connectivity index (χ3v) is 3.46. The first kappa shape index (κ1) is 17.0. The minimum Gasteiger partial charge on any atom is -0.346 e. The fraction of sp³-hybridized carbons (Fsp3) is 0.467. The van der Waals surface area contributed by atoms with E-state index < -0.39 is 6.04 Å². The average Bonchev–Trinajstić information content (AvgIpc) is 2.44. The Hall–Kier alpha value is -1.06. The monoisotopic (exact) mass is 315 g/mol. The summed E-state index contributed by atoms with van der Waals surface area (Å²) in [6.45, 7) is 0. The van der Waals surface area contributed by atoms with E-state index in [1.165, 1.54) is 0 Å². The number of unbranched alkanes of at least 4 members (excludes halogenated alkanes) is 2. The van der Waals surface area contributed by atoms with E-state index in [0.29, 0.717) is 17.3 Å². The Balaban J connectivity index is 2.35. The van der Waals surface area contributed by atoms with Crippen LogP contribution >= 0.6 is 23.2 Å². The molecule has 0 saturated heterocycles. The van der Waals surface area contributed by atoms with Crippen molar-refractivity contribution in [2.24, 2.45) is 0 Å². The number of hydrogen-bond donors (Lipinski definition) is 1. The Morgan fingerprint density at radius 2 is 1.90 bits per heavy atom. The molecular formula is C15H19Cl2NO2. The van der Waals surface area contributed by atoms with Crippen molar-refractivity contribution in [3.05, 3.63) is 34.9 Å². The molecule has 1 aromatic carbocycles. The first-order chi connectivity index (χ1) is 9.65. The molecule has 0 saturated carbocycles. The minimum absolute atomic E-state index is 0.151. The van der Waals surface area contributed by atoms with Gasteiger partial charge < -0.3 is 10.1 Å². The zero-order valence-electron chi connectivity index (χ0n) is 11.3. The molecule has 3 nitrogen and oxygen atoms in total. The Morgan fingerprint density at radius 3 is 2.50 bits per heavy atom. The number of nitrogens with one attached hydrogen (secondary N) is 1. The molecule has 1 rings (SSSR count). The van der Waals surface area contributed by atoms with Crippen LogP contribution in [0, 0.1) is 0 Å². The summed E-state index contributed by atoms with van der Waals surface area (Å²) >= 11 is 11.4. The molecule has 1 amide bonds. The maximum Gasteiger partial charge on any atom is 0.224 e. The standard InChI is InChI=1S/C15H19Cl2NO2/c16-9-3-1-2-4-14(11-19)18-15(20)10-12-5-7-13(17)8-6-12/h5-8,11,14H,1-4,9-10H2,(H,18,20). The summed E-state index contributed by atoms with van der Waals surface area (Å²) in [6.07, 6.45) is 4.50. The van der Waals surface area contributed by atoms with Gasteiger partial charge in [-0.05, 0) is 30.5 Å². The SMILES string of the molecule is O=CC(CCCCCCl)NC(=O)Cc1ccc(Cl)cc1. The molecule has 0 aromatic heterocycles. The number of carbonyl (C=O) groups is 2. The Morgan fingerprint density at radius 1 is 1.20 bits per heavy atom. The van der Waals surface area contributed by atoms with E-state index in [4.69, 9.17) is 23.2 Å². The van der Waals surface area contributed by atoms with Gasteiger partial charge in [0.2, 0.25) is 5.91 Å². The van der Waals surface area contributed by atoms with Gasteiger partial charge in [-0.1, -0.05) is 36.6 Å². The fourth-order valence-electron chi connectivity index (χ4n) is 1.86. The van der Waals surface area contributed by atoms with Crippen LogP contribution in [0.3, 0.4) is 0 Å². The van der Waals surface area contributed by atoms with Crippen LogP contribution in [-0.4, -0.2) is 24.1 Å². The van der Waals surface area contributed by atoms with Crippen LogP contribution in [0.25, 0.3) is 0 Å². The number of aldehydes is 1. The van der Waals surface area contributed by atoms with E-state index in [1.807, 2.05) is 0 Å². The van der Waals surface area contributed by atoms with Gasteiger partial charge in [0.15, 0.2) is 0 Å². The van der Waals surface area contributed by atoms with Gasteiger partial charge in [-0.25, -0.2) is 0 Å². The lowest BCUT2D eigenvalue weighted by molar-refractivity contribution is -0.123. The Bertz CT molecular complexity index is 420. The quantitative estimate of drug-likeness (QED) is 0.431. The molecular weight excluding hydrogens is 297 g/mol. The maximum atomic E-state index is 11.8. The van der Waals surface area contributed by atoms with Crippen molar-refractivity contribution in [1.82, 2.24) is 5.32 Å². The highest BCUT2D eigenvalue weighted by Crippen LogP contribution is 2.10. The van der Waals surface area contributed by atoms with Crippen molar-refractivity contribution >= 4 is 35.4 Å². The van der Waals surface area contributed by atoms with Crippen LogP contribution in [0.5, 0.6) is 0 Å². The second kappa shape index (κ2) is 9.78. The molecule has 1 N–H and O–H groups in total. The van der Waals surface area contributed by atoms with Gasteiger partial charge >= 0.3 is 0 Å². The van der Waals surface area contributed by atoms with Crippen LogP contribution in [0.1, 0.15) is 31.2 Å². The zero-order chi connectivity index (χ0) is 14.8. The van der Waals surface area contributed by atoms with Gasteiger partial charge in [0, 0.05) is 10.9 Å². The third kappa shape index (κ3) is 6.92. The number of hydrogen-bond acceptors (Lipinski definition) is 2. The van der Waals surface area contributed by atoms with Gasteiger partial charge in [-0.3, -0.25) is 4.79 Å². The summed E-state index contributed by atoms with van der Waals surface area (Å²) in [7, 11) is 0. The number of halogens is 2. The van der Waals surface area contributed by atoms with Gasteiger partial charge in [0.25, 0.3) is 0 Å². The summed E-state index contributed by atoms with van der Waals surface area (Å²) in [5, 5.41) is 3.37.